The highest BCUT2D eigenvalue weighted by molar-refractivity contribution is 5.89. The molecule has 0 aliphatic carbocycles. The molecule has 0 spiro atoms. The molecule has 0 saturated heterocycles. The van der Waals surface area contributed by atoms with Crippen LogP contribution >= 0.6 is 0 Å². The van der Waals surface area contributed by atoms with Crippen molar-refractivity contribution < 1.29 is 4.79 Å². The molecule has 0 bridgehead atoms. The van der Waals surface area contributed by atoms with Crippen molar-refractivity contribution in [1.29, 1.82) is 5.26 Å². The maximum absolute atomic E-state index is 10.9. The number of carbonyl (C=O) groups excluding carboxylic acids is 1. The number of hydrogen-bond donors (Lipinski definition) is 1. The van der Waals surface area contributed by atoms with Crippen molar-refractivity contribution in [3.63, 3.8) is 0 Å². The van der Waals surface area contributed by atoms with Crippen molar-refractivity contribution in [2.75, 3.05) is 5.32 Å². The van der Waals surface area contributed by atoms with Gasteiger partial charge >= 0.3 is 0 Å². The number of amides is 1. The van der Waals surface area contributed by atoms with E-state index >= 15 is 0 Å². The smallest absolute Gasteiger partial charge is 0.222 e. The number of hydrogen-bond acceptors (Lipinski definition) is 3. The van der Waals surface area contributed by atoms with E-state index in [1.54, 1.807) is 11.7 Å². The Labute approximate surface area is 95.1 Å². The van der Waals surface area contributed by atoms with Crippen molar-refractivity contribution in [1.82, 2.24) is 9.78 Å². The molecule has 0 radical (unpaired) electrons. The van der Waals surface area contributed by atoms with E-state index in [2.05, 4.69) is 23.4 Å². The second-order valence-corrected chi connectivity index (χ2v) is 3.69. The molecule has 1 heterocycles. The zero-order valence-electron chi connectivity index (χ0n) is 9.87. The van der Waals surface area contributed by atoms with Gasteiger partial charge in [0.05, 0.1) is 5.69 Å². The van der Waals surface area contributed by atoms with E-state index in [0.717, 1.165) is 25.0 Å². The lowest BCUT2D eigenvalue weighted by molar-refractivity contribution is -0.114. The van der Waals surface area contributed by atoms with E-state index < -0.39 is 0 Å². The fraction of sp³-hybridized carbons (Fsp3) is 0.545. The van der Waals surface area contributed by atoms with E-state index in [1.807, 2.05) is 0 Å². The van der Waals surface area contributed by atoms with Crippen molar-refractivity contribution >= 4 is 11.7 Å². The number of nitriles is 1. The van der Waals surface area contributed by atoms with Crippen LogP contribution in [-0.4, -0.2) is 15.7 Å². The number of nitrogens with one attached hydrogen (secondary N) is 1. The molecular weight excluding hydrogens is 204 g/mol. The van der Waals surface area contributed by atoms with Crippen LogP contribution in [0.3, 0.4) is 0 Å². The third-order valence-corrected chi connectivity index (χ3v) is 2.34. The zero-order chi connectivity index (χ0) is 12.1. The molecule has 1 N–H and O–H groups in total. The first-order valence-corrected chi connectivity index (χ1v) is 5.33. The Morgan fingerprint density at radius 3 is 2.81 bits per heavy atom. The van der Waals surface area contributed by atoms with Gasteiger partial charge < -0.3 is 5.32 Å². The Hall–Kier alpha value is -1.83. The monoisotopic (exact) mass is 220 g/mol. The molecule has 0 aliphatic heterocycles. The molecule has 0 unspecified atom stereocenters. The van der Waals surface area contributed by atoms with Crippen molar-refractivity contribution in [2.45, 2.75) is 33.1 Å². The average Bonchev–Trinajstić information content (AvgIpc) is 2.50. The molecule has 0 aromatic carbocycles. The van der Waals surface area contributed by atoms with Gasteiger partial charge in [0.1, 0.15) is 11.6 Å². The Morgan fingerprint density at radius 2 is 2.31 bits per heavy atom. The predicted octanol–water partition coefficient (Wildman–Crippen LogP) is 1.59. The molecule has 86 valence electrons. The summed E-state index contributed by atoms with van der Waals surface area (Å²) in [5.74, 6) is 0.153. The maximum Gasteiger partial charge on any atom is 0.222 e. The summed E-state index contributed by atoms with van der Waals surface area (Å²) >= 11 is 0. The molecule has 1 rings (SSSR count). The number of anilines is 1. The summed E-state index contributed by atoms with van der Waals surface area (Å²) in [7, 11) is 1.79. The zero-order valence-corrected chi connectivity index (χ0v) is 9.87. The minimum Gasteiger partial charge on any atom is -0.308 e. The van der Waals surface area contributed by atoms with E-state index in [4.69, 9.17) is 5.26 Å². The number of unbranched alkanes of at least 4 members (excludes halogenated alkanes) is 1. The van der Waals surface area contributed by atoms with Gasteiger partial charge in [0, 0.05) is 14.0 Å². The molecule has 1 aromatic heterocycles. The molecule has 0 atom stereocenters. The summed E-state index contributed by atoms with van der Waals surface area (Å²) < 4.78 is 1.67. The standard InChI is InChI=1S/C11H16N4O/c1-4-5-6-10-9(7-12)11(13-8(2)16)14-15(10)3/h4-6H2,1-3H3,(H,13,14,16). The van der Waals surface area contributed by atoms with E-state index in [9.17, 15) is 4.79 Å². The third kappa shape index (κ3) is 2.60. The van der Waals surface area contributed by atoms with Gasteiger partial charge in [-0.25, -0.2) is 0 Å². The van der Waals surface area contributed by atoms with Crippen LogP contribution in [0.1, 0.15) is 37.9 Å². The maximum atomic E-state index is 10.9. The van der Waals surface area contributed by atoms with Crippen molar-refractivity contribution in [2.24, 2.45) is 7.05 Å². The molecule has 1 aromatic rings. The molecule has 0 saturated carbocycles. The third-order valence-electron chi connectivity index (χ3n) is 2.34. The lowest BCUT2D eigenvalue weighted by atomic mass is 10.1. The van der Waals surface area contributed by atoms with Crippen LogP contribution in [-0.2, 0) is 18.3 Å². The summed E-state index contributed by atoms with van der Waals surface area (Å²) in [6.07, 6.45) is 2.88. The van der Waals surface area contributed by atoms with Crippen LogP contribution in [0, 0.1) is 11.3 Å². The number of rotatable bonds is 4. The van der Waals surface area contributed by atoms with Gasteiger partial charge in [-0.15, -0.1) is 0 Å². The van der Waals surface area contributed by atoms with Crippen molar-refractivity contribution in [3.8, 4) is 6.07 Å². The van der Waals surface area contributed by atoms with Crippen molar-refractivity contribution in [3.05, 3.63) is 11.3 Å². The van der Waals surface area contributed by atoms with E-state index in [-0.39, 0.29) is 5.91 Å². The number of aryl methyl sites for hydroxylation is 1. The molecule has 16 heavy (non-hydrogen) atoms. The first-order chi connectivity index (χ1) is 7.60. The largest absolute Gasteiger partial charge is 0.308 e. The number of nitrogens with zero attached hydrogens (tertiary/aromatic N) is 3. The second kappa shape index (κ2) is 5.31. The van der Waals surface area contributed by atoms with E-state index in [0.29, 0.717) is 11.4 Å². The number of carbonyl (C=O) groups is 1. The fourth-order valence-electron chi connectivity index (χ4n) is 1.56. The van der Waals surface area contributed by atoms with Gasteiger partial charge in [-0.1, -0.05) is 13.3 Å². The molecule has 0 aliphatic rings. The van der Waals surface area contributed by atoms with Crippen LogP contribution in [0.25, 0.3) is 0 Å². The fourth-order valence-corrected chi connectivity index (χ4v) is 1.56. The quantitative estimate of drug-likeness (QED) is 0.837. The van der Waals surface area contributed by atoms with Gasteiger partial charge in [-0.2, -0.15) is 10.4 Å². The topological polar surface area (TPSA) is 70.7 Å². The normalized spacial score (nSPS) is 9.88. The highest BCUT2D eigenvalue weighted by Gasteiger charge is 2.15. The SMILES string of the molecule is CCCCc1c(C#N)c(NC(C)=O)nn1C. The van der Waals surface area contributed by atoms with Gasteiger partial charge in [0.15, 0.2) is 5.82 Å². The lowest BCUT2D eigenvalue weighted by Gasteiger charge is -2.00. The minimum absolute atomic E-state index is 0.211. The van der Waals surface area contributed by atoms with Gasteiger partial charge in [0.25, 0.3) is 0 Å². The Kier molecular flexibility index (Phi) is 4.06. The minimum atomic E-state index is -0.211. The molecule has 0 fully saturated rings. The van der Waals surface area contributed by atoms with Crippen LogP contribution in [0.4, 0.5) is 5.82 Å². The van der Waals surface area contributed by atoms with E-state index in [1.165, 1.54) is 6.92 Å². The summed E-state index contributed by atoms with van der Waals surface area (Å²) in [5.41, 5.74) is 1.36. The first-order valence-electron chi connectivity index (χ1n) is 5.33. The second-order valence-electron chi connectivity index (χ2n) is 3.69. The Morgan fingerprint density at radius 1 is 1.62 bits per heavy atom. The average molecular weight is 220 g/mol. The lowest BCUT2D eigenvalue weighted by Crippen LogP contribution is -2.07. The molecule has 5 heteroatoms. The molecule has 1 amide bonds. The summed E-state index contributed by atoms with van der Waals surface area (Å²) in [5, 5.41) is 15.8. The summed E-state index contributed by atoms with van der Waals surface area (Å²) in [6.45, 7) is 3.50. The molecule has 5 nitrogen and oxygen atoms in total. The Bertz CT molecular complexity index is 428. The van der Waals surface area contributed by atoms with Gasteiger partial charge in [-0.3, -0.25) is 9.48 Å². The van der Waals surface area contributed by atoms with Crippen LogP contribution in [0.5, 0.6) is 0 Å². The van der Waals surface area contributed by atoms with Crippen LogP contribution in [0.2, 0.25) is 0 Å². The van der Waals surface area contributed by atoms with Crippen LogP contribution in [0.15, 0.2) is 0 Å². The highest BCUT2D eigenvalue weighted by Crippen LogP contribution is 2.19. The highest BCUT2D eigenvalue weighted by atomic mass is 16.1. The summed E-state index contributed by atoms with van der Waals surface area (Å²) in [6, 6.07) is 2.10. The predicted molar refractivity (Wildman–Crippen MR) is 60.8 cm³/mol. The van der Waals surface area contributed by atoms with Gasteiger partial charge in [-0.05, 0) is 12.8 Å². The van der Waals surface area contributed by atoms with Gasteiger partial charge in [0.2, 0.25) is 5.91 Å². The summed E-state index contributed by atoms with van der Waals surface area (Å²) in [4.78, 5) is 10.9. The van der Waals surface area contributed by atoms with Crippen LogP contribution < -0.4 is 5.32 Å². The molecular formula is C11H16N4O. The Balaban J connectivity index is 3.04. The first kappa shape index (κ1) is 12.2. The number of aromatic nitrogens is 2.